The highest BCUT2D eigenvalue weighted by Gasteiger charge is 2.36. The van der Waals surface area contributed by atoms with Crippen LogP contribution in [0.25, 0.3) is 0 Å². The van der Waals surface area contributed by atoms with Crippen molar-refractivity contribution in [3.05, 3.63) is 28.5 Å². The summed E-state index contributed by atoms with van der Waals surface area (Å²) in [5.74, 6) is 1.67. The van der Waals surface area contributed by atoms with Crippen LogP contribution in [0.4, 0.5) is 5.82 Å². The van der Waals surface area contributed by atoms with E-state index in [-0.39, 0.29) is 0 Å². The van der Waals surface area contributed by atoms with E-state index >= 15 is 0 Å². The van der Waals surface area contributed by atoms with Crippen LogP contribution in [0.2, 0.25) is 0 Å². The van der Waals surface area contributed by atoms with Crippen LogP contribution < -0.4 is 9.64 Å². The van der Waals surface area contributed by atoms with Crippen molar-refractivity contribution in [2.45, 2.75) is 51.2 Å². The van der Waals surface area contributed by atoms with Crippen LogP contribution in [-0.4, -0.2) is 52.1 Å². The summed E-state index contributed by atoms with van der Waals surface area (Å²) in [6.07, 6.45) is 8.54. The Labute approximate surface area is 152 Å². The number of thiazole rings is 1. The molecule has 0 radical (unpaired) electrons. The van der Waals surface area contributed by atoms with Gasteiger partial charge < -0.3 is 9.64 Å². The molecule has 0 unspecified atom stereocenters. The lowest BCUT2D eigenvalue weighted by atomic mass is 10.0. The molecule has 6 nitrogen and oxygen atoms in total. The second-order valence-corrected chi connectivity index (χ2v) is 8.23. The average Bonchev–Trinajstić information content (AvgIpc) is 3.38. The summed E-state index contributed by atoms with van der Waals surface area (Å²) in [6.45, 7) is 5.37. The number of aromatic nitrogens is 3. The summed E-state index contributed by atoms with van der Waals surface area (Å²) >= 11 is 1.81. The number of nitrogens with zero attached hydrogens (tertiary/aromatic N) is 5. The van der Waals surface area contributed by atoms with Gasteiger partial charge in [0.1, 0.15) is 12.1 Å². The number of piperidine rings is 1. The zero-order valence-electron chi connectivity index (χ0n) is 14.9. The zero-order valence-corrected chi connectivity index (χ0v) is 15.7. The number of rotatable bonds is 6. The minimum absolute atomic E-state index is 0.562. The highest BCUT2D eigenvalue weighted by Crippen LogP contribution is 2.36. The summed E-state index contributed by atoms with van der Waals surface area (Å²) in [5.41, 5.74) is 0. The van der Waals surface area contributed by atoms with Crippen molar-refractivity contribution < 1.29 is 4.74 Å². The Kier molecular flexibility index (Phi) is 4.85. The fourth-order valence-electron chi connectivity index (χ4n) is 3.66. The molecule has 0 atom stereocenters. The van der Waals surface area contributed by atoms with Gasteiger partial charge in [-0.3, -0.25) is 4.90 Å². The van der Waals surface area contributed by atoms with E-state index in [1.54, 1.807) is 13.4 Å². The van der Waals surface area contributed by atoms with Gasteiger partial charge in [0.2, 0.25) is 5.88 Å². The van der Waals surface area contributed by atoms with Gasteiger partial charge in [0.05, 0.1) is 12.1 Å². The van der Waals surface area contributed by atoms with Crippen LogP contribution >= 0.6 is 11.3 Å². The molecular formula is C18H25N5OS. The Hall–Kier alpha value is -1.73. The standard InChI is InChI=1S/C18H25N5OS/c1-13-19-10-16(25-13)11-22-7-5-15(6-8-22)23(14-3-4-14)17-9-18(24-2)21-12-20-17/h9-10,12,14-15H,3-8,11H2,1-2H3. The van der Waals surface area contributed by atoms with Gasteiger partial charge in [-0.05, 0) is 32.6 Å². The number of likely N-dealkylation sites (tertiary alicyclic amines) is 1. The Morgan fingerprint density at radius 3 is 2.56 bits per heavy atom. The van der Waals surface area contributed by atoms with Crippen molar-refractivity contribution >= 4 is 17.2 Å². The molecule has 0 amide bonds. The van der Waals surface area contributed by atoms with E-state index in [1.807, 2.05) is 23.6 Å². The highest BCUT2D eigenvalue weighted by atomic mass is 32.1. The highest BCUT2D eigenvalue weighted by molar-refractivity contribution is 7.11. The maximum absolute atomic E-state index is 5.29. The Morgan fingerprint density at radius 1 is 1.16 bits per heavy atom. The van der Waals surface area contributed by atoms with Crippen LogP contribution in [0, 0.1) is 6.92 Å². The minimum atomic E-state index is 0.562. The molecule has 25 heavy (non-hydrogen) atoms. The Morgan fingerprint density at radius 2 is 1.92 bits per heavy atom. The lowest BCUT2D eigenvalue weighted by molar-refractivity contribution is 0.202. The van der Waals surface area contributed by atoms with Crippen LogP contribution in [-0.2, 0) is 6.54 Å². The van der Waals surface area contributed by atoms with Crippen molar-refractivity contribution in [2.24, 2.45) is 0 Å². The third-order valence-corrected chi connectivity index (χ3v) is 5.94. The molecule has 2 aliphatic rings. The molecule has 1 saturated carbocycles. The van der Waals surface area contributed by atoms with E-state index in [4.69, 9.17) is 4.74 Å². The monoisotopic (exact) mass is 359 g/mol. The summed E-state index contributed by atoms with van der Waals surface area (Å²) in [4.78, 5) is 19.5. The van der Waals surface area contributed by atoms with Gasteiger partial charge in [0.25, 0.3) is 0 Å². The van der Waals surface area contributed by atoms with Gasteiger partial charge in [-0.25, -0.2) is 15.0 Å². The molecule has 1 saturated heterocycles. The second-order valence-electron chi connectivity index (χ2n) is 6.91. The maximum Gasteiger partial charge on any atom is 0.218 e. The molecule has 2 aromatic heterocycles. The van der Waals surface area contributed by atoms with Crippen molar-refractivity contribution in [1.82, 2.24) is 19.9 Å². The van der Waals surface area contributed by atoms with Gasteiger partial charge in [0, 0.05) is 48.9 Å². The number of aryl methyl sites for hydroxylation is 1. The number of hydrogen-bond donors (Lipinski definition) is 0. The SMILES string of the molecule is COc1cc(N(C2CC2)C2CCN(Cc3cnc(C)s3)CC2)ncn1. The molecule has 0 bridgehead atoms. The van der Waals surface area contributed by atoms with Crippen LogP contribution in [0.15, 0.2) is 18.6 Å². The summed E-state index contributed by atoms with van der Waals surface area (Å²) in [5, 5.41) is 1.16. The van der Waals surface area contributed by atoms with Crippen molar-refractivity contribution in [3.8, 4) is 5.88 Å². The third-order valence-electron chi connectivity index (χ3n) is 5.04. The van der Waals surface area contributed by atoms with E-state index in [0.717, 1.165) is 30.5 Å². The predicted molar refractivity (Wildman–Crippen MR) is 99.2 cm³/mol. The first-order chi connectivity index (χ1) is 12.2. The van der Waals surface area contributed by atoms with Crippen LogP contribution in [0.5, 0.6) is 5.88 Å². The average molecular weight is 359 g/mol. The molecule has 4 rings (SSSR count). The van der Waals surface area contributed by atoms with Gasteiger partial charge in [0.15, 0.2) is 0 Å². The topological polar surface area (TPSA) is 54.4 Å². The van der Waals surface area contributed by atoms with Crippen LogP contribution in [0.3, 0.4) is 0 Å². The van der Waals surface area contributed by atoms with Crippen molar-refractivity contribution in [3.63, 3.8) is 0 Å². The number of anilines is 1. The van der Waals surface area contributed by atoms with Crippen molar-refractivity contribution in [1.29, 1.82) is 0 Å². The van der Waals surface area contributed by atoms with Crippen LogP contribution in [0.1, 0.15) is 35.6 Å². The predicted octanol–water partition coefficient (Wildman–Crippen LogP) is 2.88. The Balaban J connectivity index is 1.40. The van der Waals surface area contributed by atoms with E-state index in [9.17, 15) is 0 Å². The largest absolute Gasteiger partial charge is 0.481 e. The molecule has 1 aliphatic heterocycles. The molecule has 1 aliphatic carbocycles. The van der Waals surface area contributed by atoms with Gasteiger partial charge >= 0.3 is 0 Å². The van der Waals surface area contributed by atoms with E-state index in [2.05, 4.69) is 31.7 Å². The number of hydrogen-bond acceptors (Lipinski definition) is 7. The summed E-state index contributed by atoms with van der Waals surface area (Å²) in [7, 11) is 1.66. The van der Waals surface area contributed by atoms with E-state index < -0.39 is 0 Å². The summed E-state index contributed by atoms with van der Waals surface area (Å²) < 4.78 is 5.29. The normalized spacial score (nSPS) is 19.1. The molecule has 2 aromatic rings. The number of methoxy groups -OCH3 is 1. The lowest BCUT2D eigenvalue weighted by Crippen LogP contribution is -2.46. The molecule has 7 heteroatoms. The molecule has 0 N–H and O–H groups in total. The fourth-order valence-corrected chi connectivity index (χ4v) is 4.50. The second kappa shape index (κ2) is 7.25. The van der Waals surface area contributed by atoms with Crippen molar-refractivity contribution in [2.75, 3.05) is 25.1 Å². The molecule has 3 heterocycles. The molecule has 2 fully saturated rings. The molecule has 134 valence electrons. The van der Waals surface area contributed by atoms with Gasteiger partial charge in [-0.1, -0.05) is 0 Å². The molecular weight excluding hydrogens is 334 g/mol. The lowest BCUT2D eigenvalue weighted by Gasteiger charge is -2.39. The van der Waals surface area contributed by atoms with E-state index in [1.165, 1.54) is 30.6 Å². The zero-order chi connectivity index (χ0) is 17.2. The first-order valence-corrected chi connectivity index (χ1v) is 9.82. The summed E-state index contributed by atoms with van der Waals surface area (Å²) in [6, 6.07) is 3.18. The molecule has 0 spiro atoms. The maximum atomic E-state index is 5.29. The number of ether oxygens (including phenoxy) is 1. The van der Waals surface area contributed by atoms with E-state index in [0.29, 0.717) is 18.0 Å². The van der Waals surface area contributed by atoms with Gasteiger partial charge in [-0.15, -0.1) is 11.3 Å². The first-order valence-electron chi connectivity index (χ1n) is 9.01. The smallest absolute Gasteiger partial charge is 0.218 e. The first kappa shape index (κ1) is 16.7. The third kappa shape index (κ3) is 3.93. The molecule has 0 aromatic carbocycles. The minimum Gasteiger partial charge on any atom is -0.481 e. The van der Waals surface area contributed by atoms with Gasteiger partial charge in [-0.2, -0.15) is 0 Å². The fraction of sp³-hybridized carbons (Fsp3) is 0.611. The quantitative estimate of drug-likeness (QED) is 0.790. The Bertz CT molecular complexity index is 709.